The number of carbonyl (C=O) groups is 1. The smallest absolute Gasteiger partial charge is 0.217 e. The van der Waals surface area contributed by atoms with E-state index in [1.165, 1.54) is 50.5 Å². The van der Waals surface area contributed by atoms with Gasteiger partial charge in [0.2, 0.25) is 5.91 Å². The molecule has 9 atom stereocenters. The molecule has 0 bridgehead atoms. The van der Waals surface area contributed by atoms with Crippen molar-refractivity contribution >= 4 is 5.91 Å². The van der Waals surface area contributed by atoms with Crippen LogP contribution in [0, 0.1) is 46.3 Å². The summed E-state index contributed by atoms with van der Waals surface area (Å²) in [6.07, 6.45) is 14.4. The Balaban J connectivity index is 1.60. The molecule has 0 unspecified atom stereocenters. The molecule has 0 heterocycles. The van der Waals surface area contributed by atoms with Crippen molar-refractivity contribution < 1.29 is 9.90 Å². The van der Waals surface area contributed by atoms with E-state index in [0.29, 0.717) is 23.2 Å². The summed E-state index contributed by atoms with van der Waals surface area (Å²) >= 11 is 0. The molecule has 182 valence electrons. The highest BCUT2D eigenvalue weighted by Gasteiger charge is 2.61. The molecule has 3 heteroatoms. The van der Waals surface area contributed by atoms with Gasteiger partial charge in [0.1, 0.15) is 0 Å². The molecule has 4 aliphatic rings. The Kier molecular flexibility index (Phi) is 6.90. The first-order valence-corrected chi connectivity index (χ1v) is 13.7. The monoisotopic (exact) mass is 443 g/mol. The van der Waals surface area contributed by atoms with E-state index >= 15 is 0 Å². The highest BCUT2D eigenvalue weighted by atomic mass is 16.3. The zero-order valence-electron chi connectivity index (χ0n) is 21.6. The Labute approximate surface area is 197 Å². The third-order valence-electron chi connectivity index (χ3n) is 10.7. The van der Waals surface area contributed by atoms with Gasteiger partial charge in [-0.1, -0.05) is 65.5 Å². The van der Waals surface area contributed by atoms with E-state index in [2.05, 4.69) is 46.0 Å². The second kappa shape index (κ2) is 9.08. The van der Waals surface area contributed by atoms with Crippen molar-refractivity contribution in [3.63, 3.8) is 0 Å². The molecule has 32 heavy (non-hydrogen) atoms. The number of carbonyl (C=O) groups excluding carboxylic acids is 1. The van der Waals surface area contributed by atoms with Crippen molar-refractivity contribution in [3.8, 4) is 0 Å². The third-order valence-corrected chi connectivity index (χ3v) is 10.7. The number of fused-ring (bicyclic) bond motifs is 5. The fourth-order valence-corrected chi connectivity index (χ4v) is 9.06. The maximum Gasteiger partial charge on any atom is 0.217 e. The predicted molar refractivity (Wildman–Crippen MR) is 132 cm³/mol. The first-order valence-electron chi connectivity index (χ1n) is 13.7. The van der Waals surface area contributed by atoms with Gasteiger partial charge in [0.15, 0.2) is 0 Å². The van der Waals surface area contributed by atoms with Crippen molar-refractivity contribution in [2.45, 2.75) is 118 Å². The number of hydrogen-bond donors (Lipinski definition) is 2. The Morgan fingerprint density at radius 2 is 1.84 bits per heavy atom. The Hall–Kier alpha value is -0.830. The highest BCUT2D eigenvalue weighted by Crippen LogP contribution is 2.67. The van der Waals surface area contributed by atoms with Crippen molar-refractivity contribution in [2.75, 3.05) is 0 Å². The van der Waals surface area contributed by atoms with Gasteiger partial charge >= 0.3 is 0 Å². The fraction of sp³-hybridized carbons (Fsp3) is 0.897. The third kappa shape index (κ3) is 4.21. The molecule has 3 saturated carbocycles. The van der Waals surface area contributed by atoms with Crippen LogP contribution in [0.3, 0.4) is 0 Å². The molecule has 3 nitrogen and oxygen atoms in total. The highest BCUT2D eigenvalue weighted by molar-refractivity contribution is 5.73. The number of amides is 1. The van der Waals surface area contributed by atoms with Gasteiger partial charge in [-0.05, 0) is 91.3 Å². The van der Waals surface area contributed by atoms with Crippen LogP contribution in [0.25, 0.3) is 0 Å². The van der Waals surface area contributed by atoms with Gasteiger partial charge in [0.25, 0.3) is 0 Å². The van der Waals surface area contributed by atoms with E-state index in [-0.39, 0.29) is 23.5 Å². The second-order valence-corrected chi connectivity index (χ2v) is 13.1. The second-order valence-electron chi connectivity index (χ2n) is 13.1. The molecule has 1 amide bonds. The lowest BCUT2D eigenvalue weighted by Crippen LogP contribution is -2.58. The first-order chi connectivity index (χ1) is 15.1. The summed E-state index contributed by atoms with van der Waals surface area (Å²) in [7, 11) is 0. The SMILES string of the molecule is CC(=O)N[C@@H]1C=C2C[C@@H](O)CC[C@]2(C)[C@@H]2CC[C@@]3(C)[C@H](CC[C@H]3[C@H](C)CCCC(C)C)[C@H]21. The van der Waals surface area contributed by atoms with Gasteiger partial charge in [-0.2, -0.15) is 0 Å². The molecule has 0 spiro atoms. The number of nitrogens with one attached hydrogen (secondary N) is 1. The van der Waals surface area contributed by atoms with Gasteiger partial charge < -0.3 is 10.4 Å². The van der Waals surface area contributed by atoms with Gasteiger partial charge in [-0.15, -0.1) is 0 Å². The summed E-state index contributed by atoms with van der Waals surface area (Å²) in [5.41, 5.74) is 2.04. The van der Waals surface area contributed by atoms with Crippen LogP contribution in [0.1, 0.15) is 106 Å². The standard InChI is InChI=1S/C29H49NO2/c1-18(2)8-7-9-19(3)23-10-11-24-27-25(13-15-29(23,24)6)28(5)14-12-22(32)16-21(28)17-26(27)30-20(4)31/h17-19,22-27,32H,7-16H2,1-6H3,(H,30,31)/t19-,22+,23+,24-,25-,26-,27-,28+,29-/m1/s1. The van der Waals surface area contributed by atoms with Crippen molar-refractivity contribution in [3.05, 3.63) is 11.6 Å². The molecule has 3 fully saturated rings. The fourth-order valence-electron chi connectivity index (χ4n) is 9.06. The molecule has 2 N–H and O–H groups in total. The summed E-state index contributed by atoms with van der Waals surface area (Å²) in [6.45, 7) is 14.0. The minimum atomic E-state index is -0.208. The van der Waals surface area contributed by atoms with E-state index < -0.39 is 0 Å². The van der Waals surface area contributed by atoms with Crippen LogP contribution in [0.5, 0.6) is 0 Å². The lowest BCUT2D eigenvalue weighted by Gasteiger charge is -2.60. The van der Waals surface area contributed by atoms with Crippen LogP contribution in [0.15, 0.2) is 11.6 Å². The molecule has 0 aliphatic heterocycles. The average Bonchev–Trinajstić information content (AvgIpc) is 3.05. The first kappa shape index (κ1) is 24.3. The molecule has 0 aromatic heterocycles. The van der Waals surface area contributed by atoms with Gasteiger partial charge in [-0.3, -0.25) is 4.79 Å². The summed E-state index contributed by atoms with van der Waals surface area (Å²) in [4.78, 5) is 12.2. The number of hydrogen-bond acceptors (Lipinski definition) is 2. The van der Waals surface area contributed by atoms with Crippen LogP contribution >= 0.6 is 0 Å². The molecule has 4 aliphatic carbocycles. The zero-order valence-corrected chi connectivity index (χ0v) is 21.6. The maximum atomic E-state index is 12.2. The largest absolute Gasteiger partial charge is 0.393 e. The lowest BCUT2D eigenvalue weighted by molar-refractivity contribution is -0.122. The quantitative estimate of drug-likeness (QED) is 0.460. The van der Waals surface area contributed by atoms with E-state index in [4.69, 9.17) is 0 Å². The summed E-state index contributed by atoms with van der Waals surface area (Å²) in [5, 5.41) is 13.8. The molecule has 0 aromatic rings. The van der Waals surface area contributed by atoms with Crippen LogP contribution in [-0.4, -0.2) is 23.2 Å². The van der Waals surface area contributed by atoms with Gasteiger partial charge in [0, 0.05) is 6.92 Å². The van der Waals surface area contributed by atoms with E-state index in [1.54, 1.807) is 6.92 Å². The molecular formula is C29H49NO2. The summed E-state index contributed by atoms with van der Waals surface area (Å²) in [6, 6.07) is 0.144. The van der Waals surface area contributed by atoms with Crippen LogP contribution < -0.4 is 5.32 Å². The molecule has 0 saturated heterocycles. The minimum absolute atomic E-state index is 0.0921. The van der Waals surface area contributed by atoms with Crippen LogP contribution in [-0.2, 0) is 4.79 Å². The maximum absolute atomic E-state index is 12.2. The number of rotatable bonds is 6. The topological polar surface area (TPSA) is 49.3 Å². The van der Waals surface area contributed by atoms with E-state index in [0.717, 1.165) is 37.0 Å². The molecule has 0 radical (unpaired) electrons. The number of aliphatic hydroxyl groups is 1. The average molecular weight is 444 g/mol. The Morgan fingerprint density at radius 3 is 2.53 bits per heavy atom. The van der Waals surface area contributed by atoms with Gasteiger partial charge in [0.05, 0.1) is 12.1 Å². The van der Waals surface area contributed by atoms with Crippen LogP contribution in [0.2, 0.25) is 0 Å². The summed E-state index contributed by atoms with van der Waals surface area (Å²) in [5.74, 6) is 4.42. The van der Waals surface area contributed by atoms with Crippen molar-refractivity contribution in [1.82, 2.24) is 5.32 Å². The zero-order chi connectivity index (χ0) is 23.3. The molecular weight excluding hydrogens is 394 g/mol. The normalized spacial score (nSPS) is 44.3. The van der Waals surface area contributed by atoms with E-state index in [1.807, 2.05) is 0 Å². The van der Waals surface area contributed by atoms with Crippen molar-refractivity contribution in [1.29, 1.82) is 0 Å². The molecule has 4 rings (SSSR count). The van der Waals surface area contributed by atoms with Crippen molar-refractivity contribution in [2.24, 2.45) is 46.3 Å². The Bertz CT molecular complexity index is 729. The number of aliphatic hydroxyl groups excluding tert-OH is 1. The predicted octanol–water partition coefficient (Wildman–Crippen LogP) is 6.50. The summed E-state index contributed by atoms with van der Waals surface area (Å²) < 4.78 is 0. The van der Waals surface area contributed by atoms with Gasteiger partial charge in [-0.25, -0.2) is 0 Å². The van der Waals surface area contributed by atoms with Crippen LogP contribution in [0.4, 0.5) is 0 Å². The van der Waals surface area contributed by atoms with E-state index in [9.17, 15) is 9.90 Å². The minimum Gasteiger partial charge on any atom is -0.393 e. The lowest BCUT2D eigenvalue weighted by atomic mass is 9.46. The molecule has 0 aromatic carbocycles. The Morgan fingerprint density at radius 1 is 1.09 bits per heavy atom.